The molecule has 0 aromatic rings. The second-order valence-electron chi connectivity index (χ2n) is 3.88. The maximum Gasteiger partial charge on any atom is 0.333 e. The standard InChI is InChI=1S/C11H18O2.C2H4O2/c1-3-9-7-5-6-8-10(9)11(12)13-4-2;1-2(3)4/h3-8H2,1-2H3;1H3,(H,3,4). The number of hydrogen-bond acceptors (Lipinski definition) is 3. The average molecular weight is 242 g/mol. The van der Waals surface area contributed by atoms with E-state index in [1.165, 1.54) is 12.0 Å². The Hall–Kier alpha value is -1.32. The molecule has 0 fully saturated rings. The Morgan fingerprint density at radius 1 is 1.24 bits per heavy atom. The monoisotopic (exact) mass is 242 g/mol. The van der Waals surface area contributed by atoms with Crippen LogP contribution in [-0.2, 0) is 14.3 Å². The number of esters is 1. The first kappa shape index (κ1) is 15.7. The van der Waals surface area contributed by atoms with E-state index in [1.807, 2.05) is 6.92 Å². The van der Waals surface area contributed by atoms with Gasteiger partial charge >= 0.3 is 5.97 Å². The molecule has 0 radical (unpaired) electrons. The summed E-state index contributed by atoms with van der Waals surface area (Å²) in [4.78, 5) is 20.5. The summed E-state index contributed by atoms with van der Waals surface area (Å²) in [6.07, 6.45) is 5.37. The van der Waals surface area contributed by atoms with Gasteiger partial charge in [-0.2, -0.15) is 0 Å². The van der Waals surface area contributed by atoms with Gasteiger partial charge in [0.05, 0.1) is 6.61 Å². The van der Waals surface area contributed by atoms with Gasteiger partial charge in [-0.25, -0.2) is 4.79 Å². The third-order valence-electron chi connectivity index (χ3n) is 2.53. The van der Waals surface area contributed by atoms with Crippen molar-refractivity contribution in [2.24, 2.45) is 0 Å². The minimum absolute atomic E-state index is 0.0842. The number of carboxylic acid groups (broad SMARTS) is 1. The Morgan fingerprint density at radius 3 is 2.24 bits per heavy atom. The second kappa shape index (κ2) is 8.79. The van der Waals surface area contributed by atoms with E-state index in [1.54, 1.807) is 0 Å². The van der Waals surface area contributed by atoms with Crippen molar-refractivity contribution < 1.29 is 19.4 Å². The number of ether oxygens (including phenoxy) is 1. The van der Waals surface area contributed by atoms with E-state index in [0.717, 1.165) is 38.2 Å². The molecule has 1 N–H and O–H groups in total. The third kappa shape index (κ3) is 6.76. The third-order valence-corrected chi connectivity index (χ3v) is 2.53. The van der Waals surface area contributed by atoms with Gasteiger partial charge in [0.15, 0.2) is 0 Å². The van der Waals surface area contributed by atoms with Crippen molar-refractivity contribution in [3.05, 3.63) is 11.1 Å². The summed E-state index contributed by atoms with van der Waals surface area (Å²) < 4.78 is 5.02. The predicted molar refractivity (Wildman–Crippen MR) is 65.7 cm³/mol. The van der Waals surface area contributed by atoms with Gasteiger partial charge in [0, 0.05) is 12.5 Å². The highest BCUT2D eigenvalue weighted by atomic mass is 16.5. The number of aliphatic carboxylic acids is 1. The first-order valence-corrected chi connectivity index (χ1v) is 6.10. The number of carboxylic acids is 1. The summed E-state index contributed by atoms with van der Waals surface area (Å²) in [6, 6.07) is 0. The smallest absolute Gasteiger partial charge is 0.333 e. The van der Waals surface area contributed by atoms with Crippen molar-refractivity contribution in [3.8, 4) is 0 Å². The molecule has 0 atom stereocenters. The van der Waals surface area contributed by atoms with Crippen LogP contribution in [0.2, 0.25) is 0 Å². The number of hydrogen-bond donors (Lipinski definition) is 1. The molecule has 0 aliphatic heterocycles. The van der Waals surface area contributed by atoms with E-state index in [-0.39, 0.29) is 5.97 Å². The normalized spacial score (nSPS) is 14.8. The molecular formula is C13H22O4. The lowest BCUT2D eigenvalue weighted by Crippen LogP contribution is -2.13. The van der Waals surface area contributed by atoms with Crippen LogP contribution in [0.1, 0.15) is 52.9 Å². The molecule has 17 heavy (non-hydrogen) atoms. The van der Waals surface area contributed by atoms with Crippen LogP contribution in [-0.4, -0.2) is 23.7 Å². The fourth-order valence-corrected chi connectivity index (χ4v) is 1.82. The summed E-state index contributed by atoms with van der Waals surface area (Å²) in [5, 5.41) is 7.42. The molecular weight excluding hydrogens is 220 g/mol. The van der Waals surface area contributed by atoms with Gasteiger partial charge < -0.3 is 9.84 Å². The van der Waals surface area contributed by atoms with E-state index in [0.29, 0.717) is 6.61 Å². The SMILES string of the molecule is CC(=O)O.CCOC(=O)C1=C(CC)CCCC1. The van der Waals surface area contributed by atoms with Gasteiger partial charge in [-0.05, 0) is 39.0 Å². The predicted octanol–water partition coefficient (Wildman–Crippen LogP) is 2.92. The topological polar surface area (TPSA) is 63.6 Å². The number of rotatable bonds is 3. The Bertz CT molecular complexity index is 288. The highest BCUT2D eigenvalue weighted by Crippen LogP contribution is 2.27. The molecule has 0 aromatic carbocycles. The molecule has 98 valence electrons. The lowest BCUT2D eigenvalue weighted by atomic mass is 9.90. The van der Waals surface area contributed by atoms with E-state index < -0.39 is 5.97 Å². The zero-order valence-electron chi connectivity index (χ0n) is 10.9. The summed E-state index contributed by atoms with van der Waals surface area (Å²) in [7, 11) is 0. The Morgan fingerprint density at radius 2 is 1.76 bits per heavy atom. The average Bonchev–Trinajstić information content (AvgIpc) is 2.28. The quantitative estimate of drug-likeness (QED) is 0.773. The lowest BCUT2D eigenvalue weighted by molar-refractivity contribution is -0.139. The van der Waals surface area contributed by atoms with Crippen molar-refractivity contribution in [2.45, 2.75) is 52.9 Å². The molecule has 4 nitrogen and oxygen atoms in total. The van der Waals surface area contributed by atoms with Crippen LogP contribution in [0.5, 0.6) is 0 Å². The van der Waals surface area contributed by atoms with E-state index >= 15 is 0 Å². The second-order valence-corrected chi connectivity index (χ2v) is 3.88. The van der Waals surface area contributed by atoms with Gasteiger partial charge in [-0.15, -0.1) is 0 Å². The van der Waals surface area contributed by atoms with Gasteiger partial charge in [0.1, 0.15) is 0 Å². The molecule has 0 bridgehead atoms. The zero-order valence-corrected chi connectivity index (χ0v) is 10.9. The van der Waals surface area contributed by atoms with Crippen molar-refractivity contribution in [3.63, 3.8) is 0 Å². The molecule has 0 spiro atoms. The van der Waals surface area contributed by atoms with Crippen LogP contribution in [0.25, 0.3) is 0 Å². The van der Waals surface area contributed by atoms with E-state index in [4.69, 9.17) is 14.6 Å². The first-order chi connectivity index (χ1) is 8.02. The van der Waals surface area contributed by atoms with Crippen molar-refractivity contribution in [1.82, 2.24) is 0 Å². The highest BCUT2D eigenvalue weighted by Gasteiger charge is 2.18. The fourth-order valence-electron chi connectivity index (χ4n) is 1.82. The maximum absolute atomic E-state index is 11.5. The van der Waals surface area contributed by atoms with Crippen LogP contribution in [0.15, 0.2) is 11.1 Å². The Balaban J connectivity index is 0.000000557. The summed E-state index contributed by atoms with van der Waals surface area (Å²) in [5.41, 5.74) is 2.26. The molecule has 0 saturated carbocycles. The van der Waals surface area contributed by atoms with Crippen LogP contribution < -0.4 is 0 Å². The molecule has 0 aromatic heterocycles. The van der Waals surface area contributed by atoms with Crippen LogP contribution in [0, 0.1) is 0 Å². The molecule has 1 aliphatic carbocycles. The van der Waals surface area contributed by atoms with Gasteiger partial charge in [-0.1, -0.05) is 12.5 Å². The highest BCUT2D eigenvalue weighted by molar-refractivity contribution is 5.89. The molecule has 0 heterocycles. The number of carbonyl (C=O) groups is 2. The zero-order chi connectivity index (χ0) is 13.3. The number of carbonyl (C=O) groups excluding carboxylic acids is 1. The summed E-state index contributed by atoms with van der Waals surface area (Å²) >= 11 is 0. The van der Waals surface area contributed by atoms with E-state index in [9.17, 15) is 4.79 Å². The van der Waals surface area contributed by atoms with Crippen LogP contribution >= 0.6 is 0 Å². The Labute approximate surface area is 103 Å². The molecule has 1 aliphatic rings. The minimum atomic E-state index is -0.833. The van der Waals surface area contributed by atoms with Crippen LogP contribution in [0.3, 0.4) is 0 Å². The Kier molecular flexibility index (Phi) is 8.11. The molecule has 4 heteroatoms. The van der Waals surface area contributed by atoms with E-state index in [2.05, 4.69) is 6.92 Å². The van der Waals surface area contributed by atoms with Crippen molar-refractivity contribution in [1.29, 1.82) is 0 Å². The molecule has 0 unspecified atom stereocenters. The maximum atomic E-state index is 11.5. The fraction of sp³-hybridized carbons (Fsp3) is 0.692. The van der Waals surface area contributed by atoms with Gasteiger partial charge in [0.25, 0.3) is 5.97 Å². The number of allylic oxidation sites excluding steroid dienone is 1. The molecule has 0 saturated heterocycles. The van der Waals surface area contributed by atoms with Crippen molar-refractivity contribution in [2.75, 3.05) is 6.61 Å². The van der Waals surface area contributed by atoms with Crippen LogP contribution in [0.4, 0.5) is 0 Å². The lowest BCUT2D eigenvalue weighted by Gasteiger charge is -2.17. The first-order valence-electron chi connectivity index (χ1n) is 6.10. The summed E-state index contributed by atoms with van der Waals surface area (Å²) in [5.74, 6) is -0.918. The minimum Gasteiger partial charge on any atom is -0.481 e. The van der Waals surface area contributed by atoms with Gasteiger partial charge in [0.2, 0.25) is 0 Å². The van der Waals surface area contributed by atoms with Gasteiger partial charge in [-0.3, -0.25) is 4.79 Å². The largest absolute Gasteiger partial charge is 0.481 e. The van der Waals surface area contributed by atoms with Crippen molar-refractivity contribution >= 4 is 11.9 Å². The molecule has 1 rings (SSSR count). The summed E-state index contributed by atoms with van der Waals surface area (Å²) in [6.45, 7) is 5.53. The molecule has 0 amide bonds.